The van der Waals surface area contributed by atoms with E-state index in [2.05, 4.69) is 20.2 Å². The van der Waals surface area contributed by atoms with Gasteiger partial charge >= 0.3 is 6.18 Å². The summed E-state index contributed by atoms with van der Waals surface area (Å²) in [6, 6.07) is 13.1. The standard InChI is InChI=1S/C30H33F3N5O2P/c1-20-4-5-22(15-26(20)24-14-21-8-9-34-28(21)35-17-24)29(39)36-25-7-6-23(27(16-25)30(31,32)33)18-37-10-12-38(13-11-37)19-41(2,3)40/h4-9,14-17H,10-13,18-19H2,1-3H3,(H,34,35)(H,36,39). The highest BCUT2D eigenvalue weighted by atomic mass is 31.2. The number of carbonyl (C=O) groups is 1. The van der Waals surface area contributed by atoms with Gasteiger partial charge in [-0.1, -0.05) is 12.1 Å². The van der Waals surface area contributed by atoms with Crippen LogP contribution in [-0.4, -0.2) is 71.5 Å². The minimum atomic E-state index is -4.57. The number of hydrogen-bond acceptors (Lipinski definition) is 5. The van der Waals surface area contributed by atoms with Gasteiger partial charge in [-0.3, -0.25) is 14.6 Å². The molecule has 0 atom stereocenters. The number of benzene rings is 2. The Morgan fingerprint density at radius 3 is 2.46 bits per heavy atom. The summed E-state index contributed by atoms with van der Waals surface area (Å²) in [5.41, 5.74) is 3.17. The highest BCUT2D eigenvalue weighted by Crippen LogP contribution is 2.37. The lowest BCUT2D eigenvalue weighted by molar-refractivity contribution is -0.138. The Bertz CT molecular complexity index is 1620. The molecule has 0 radical (unpaired) electrons. The Balaban J connectivity index is 1.31. The van der Waals surface area contributed by atoms with Gasteiger partial charge in [-0.15, -0.1) is 0 Å². The van der Waals surface area contributed by atoms with Crippen LogP contribution in [0.1, 0.15) is 27.0 Å². The number of amides is 1. The van der Waals surface area contributed by atoms with Gasteiger partial charge in [-0.05, 0) is 73.3 Å². The molecular weight excluding hydrogens is 550 g/mol. The predicted molar refractivity (Wildman–Crippen MR) is 157 cm³/mol. The quantitative estimate of drug-likeness (QED) is 0.243. The van der Waals surface area contributed by atoms with Crippen LogP contribution in [-0.2, 0) is 17.3 Å². The molecule has 4 aromatic rings. The molecule has 41 heavy (non-hydrogen) atoms. The second-order valence-electron chi connectivity index (χ2n) is 11.1. The van der Waals surface area contributed by atoms with Crippen LogP contribution in [0.2, 0.25) is 0 Å². The lowest BCUT2D eigenvalue weighted by Gasteiger charge is -2.35. The first kappa shape index (κ1) is 29.0. The van der Waals surface area contributed by atoms with Crippen LogP contribution in [0.25, 0.3) is 22.2 Å². The Kier molecular flexibility index (Phi) is 8.10. The Morgan fingerprint density at radius 2 is 1.76 bits per heavy atom. The predicted octanol–water partition coefficient (Wildman–Crippen LogP) is 6.51. The SMILES string of the molecule is Cc1ccc(C(=O)Nc2ccc(CN3CCN(CP(C)(C)=O)CC3)c(C(F)(F)F)c2)cc1-c1cnc2[nH]ccc2c1. The molecule has 7 nitrogen and oxygen atoms in total. The van der Waals surface area contributed by atoms with Crippen molar-refractivity contribution in [2.75, 3.05) is 51.1 Å². The number of nitrogens with one attached hydrogen (secondary N) is 2. The molecule has 3 heterocycles. The number of H-pyrrole nitrogens is 1. The molecule has 0 bridgehead atoms. The fraction of sp³-hybridized carbons (Fsp3) is 0.333. The number of nitrogens with zero attached hydrogens (tertiary/aromatic N) is 3. The Morgan fingerprint density at radius 1 is 1.02 bits per heavy atom. The number of aryl methyl sites for hydroxylation is 1. The summed E-state index contributed by atoms with van der Waals surface area (Å²) in [5.74, 6) is -0.497. The van der Waals surface area contributed by atoms with Gasteiger partial charge in [0.2, 0.25) is 0 Å². The minimum absolute atomic E-state index is 0.0788. The van der Waals surface area contributed by atoms with Crippen LogP contribution in [0.15, 0.2) is 60.9 Å². The third-order valence-corrected chi connectivity index (χ3v) is 8.36. The van der Waals surface area contributed by atoms with Gasteiger partial charge in [-0.2, -0.15) is 13.2 Å². The monoisotopic (exact) mass is 583 g/mol. The lowest BCUT2D eigenvalue weighted by atomic mass is 9.98. The normalized spacial score (nSPS) is 15.4. The summed E-state index contributed by atoms with van der Waals surface area (Å²) >= 11 is 0. The number of anilines is 1. The van der Waals surface area contributed by atoms with Gasteiger partial charge in [0.1, 0.15) is 5.65 Å². The van der Waals surface area contributed by atoms with E-state index in [4.69, 9.17) is 0 Å². The number of aromatic nitrogens is 2. The molecule has 1 saturated heterocycles. The summed E-state index contributed by atoms with van der Waals surface area (Å²) in [4.78, 5) is 24.7. The average Bonchev–Trinajstić information content (AvgIpc) is 3.37. The Labute approximate surface area is 237 Å². The summed E-state index contributed by atoms with van der Waals surface area (Å²) < 4.78 is 54.4. The van der Waals surface area contributed by atoms with Gasteiger partial charge in [0.05, 0.1) is 19.0 Å². The highest BCUT2D eigenvalue weighted by Gasteiger charge is 2.34. The smallest absolute Gasteiger partial charge is 0.346 e. The molecule has 216 valence electrons. The summed E-state index contributed by atoms with van der Waals surface area (Å²) in [6.07, 6.45) is -0.527. The fourth-order valence-corrected chi connectivity index (χ4v) is 6.48. The number of carbonyl (C=O) groups excluding carboxylic acids is 1. The van der Waals surface area contributed by atoms with Crippen molar-refractivity contribution in [2.24, 2.45) is 0 Å². The lowest BCUT2D eigenvalue weighted by Crippen LogP contribution is -2.46. The number of rotatable bonds is 7. The van der Waals surface area contributed by atoms with Gasteiger partial charge in [-0.25, -0.2) is 4.98 Å². The molecule has 0 saturated carbocycles. The van der Waals surface area contributed by atoms with Gasteiger partial charge in [0, 0.05) is 67.3 Å². The molecule has 0 aliphatic carbocycles. The van der Waals surface area contributed by atoms with E-state index < -0.39 is 24.8 Å². The molecule has 1 aliphatic heterocycles. The summed E-state index contributed by atoms with van der Waals surface area (Å²) in [5, 5.41) is 3.58. The molecule has 11 heteroatoms. The van der Waals surface area contributed by atoms with Gasteiger partial charge < -0.3 is 14.9 Å². The molecule has 1 fully saturated rings. The van der Waals surface area contributed by atoms with Gasteiger partial charge in [0.15, 0.2) is 0 Å². The zero-order valence-electron chi connectivity index (χ0n) is 23.3. The molecule has 1 amide bonds. The molecule has 2 aromatic carbocycles. The minimum Gasteiger partial charge on any atom is -0.346 e. The Hall–Kier alpha value is -3.46. The van der Waals surface area contributed by atoms with E-state index in [9.17, 15) is 22.5 Å². The second-order valence-corrected chi connectivity index (χ2v) is 14.5. The van der Waals surface area contributed by atoms with E-state index in [1.807, 2.05) is 30.0 Å². The van der Waals surface area contributed by atoms with Crippen molar-refractivity contribution in [3.05, 3.63) is 83.2 Å². The molecule has 2 N–H and O–H groups in total. The topological polar surface area (TPSA) is 81.3 Å². The summed E-state index contributed by atoms with van der Waals surface area (Å²) in [7, 11) is -2.20. The number of pyridine rings is 1. The number of fused-ring (bicyclic) bond motifs is 1. The summed E-state index contributed by atoms with van der Waals surface area (Å²) in [6.45, 7) is 8.08. The molecule has 1 aliphatic rings. The molecule has 0 spiro atoms. The maximum Gasteiger partial charge on any atom is 0.416 e. The van der Waals surface area contributed by atoms with E-state index in [0.717, 1.165) is 33.8 Å². The molecule has 5 rings (SSSR count). The third kappa shape index (κ3) is 7.07. The van der Waals surface area contributed by atoms with Crippen LogP contribution in [0.5, 0.6) is 0 Å². The first-order valence-electron chi connectivity index (χ1n) is 13.4. The van der Waals surface area contributed by atoms with E-state index in [1.54, 1.807) is 37.9 Å². The zero-order chi connectivity index (χ0) is 29.4. The molecule has 2 aromatic heterocycles. The fourth-order valence-electron chi connectivity index (χ4n) is 5.23. The number of alkyl halides is 3. The van der Waals surface area contributed by atoms with Crippen molar-refractivity contribution in [1.82, 2.24) is 19.8 Å². The van der Waals surface area contributed by atoms with Crippen molar-refractivity contribution in [1.29, 1.82) is 0 Å². The largest absolute Gasteiger partial charge is 0.416 e. The highest BCUT2D eigenvalue weighted by molar-refractivity contribution is 7.62. The number of hydrogen-bond donors (Lipinski definition) is 2. The number of halogens is 3. The zero-order valence-corrected chi connectivity index (χ0v) is 24.1. The number of aromatic amines is 1. The van der Waals surface area contributed by atoms with Crippen molar-refractivity contribution in [2.45, 2.75) is 19.6 Å². The van der Waals surface area contributed by atoms with Crippen LogP contribution in [0.3, 0.4) is 0 Å². The van der Waals surface area contributed by atoms with Crippen LogP contribution < -0.4 is 5.32 Å². The van der Waals surface area contributed by atoms with Crippen molar-refractivity contribution >= 4 is 29.8 Å². The van der Waals surface area contributed by atoms with Gasteiger partial charge in [0.25, 0.3) is 5.91 Å². The van der Waals surface area contributed by atoms with Crippen molar-refractivity contribution in [3.8, 4) is 11.1 Å². The first-order valence-corrected chi connectivity index (χ1v) is 16.2. The van der Waals surface area contributed by atoms with Crippen molar-refractivity contribution < 1.29 is 22.5 Å². The van der Waals surface area contributed by atoms with E-state index in [1.165, 1.54) is 12.1 Å². The maximum absolute atomic E-state index is 14.1. The molecular formula is C30H33F3N5O2P. The third-order valence-electron chi connectivity index (χ3n) is 7.28. The van der Waals surface area contributed by atoms with E-state index in [-0.39, 0.29) is 17.8 Å². The van der Waals surface area contributed by atoms with E-state index >= 15 is 0 Å². The number of piperazine rings is 1. The van der Waals surface area contributed by atoms with Crippen LogP contribution in [0.4, 0.5) is 18.9 Å². The molecule has 0 unspecified atom stereocenters. The maximum atomic E-state index is 14.1. The average molecular weight is 584 g/mol. The van der Waals surface area contributed by atoms with Crippen LogP contribution >= 0.6 is 7.14 Å². The van der Waals surface area contributed by atoms with E-state index in [0.29, 0.717) is 38.0 Å². The van der Waals surface area contributed by atoms with Crippen molar-refractivity contribution in [3.63, 3.8) is 0 Å². The van der Waals surface area contributed by atoms with Crippen LogP contribution in [0, 0.1) is 6.92 Å². The first-order chi connectivity index (χ1) is 19.4. The second kappa shape index (κ2) is 11.4.